The van der Waals surface area contributed by atoms with Gasteiger partial charge in [0.05, 0.1) is 31.6 Å². The average Bonchev–Trinajstić information content (AvgIpc) is 2.63. The molecule has 0 saturated heterocycles. The molecule has 6 nitrogen and oxygen atoms in total. The molecule has 2 aromatic carbocycles. The molecular weight excluding hydrogens is 320 g/mol. The lowest BCUT2D eigenvalue weighted by Gasteiger charge is -2.10. The van der Waals surface area contributed by atoms with E-state index in [1.165, 1.54) is 12.1 Å². The number of hydrazone groups is 1. The Balaban J connectivity index is 1.99. The highest BCUT2D eigenvalue weighted by Crippen LogP contribution is 2.27. The highest BCUT2D eigenvalue weighted by Gasteiger charge is 2.04. The van der Waals surface area contributed by atoms with Gasteiger partial charge in [-0.25, -0.2) is 0 Å². The number of carbonyl (C=O) groups excluding carboxylic acids is 1. The van der Waals surface area contributed by atoms with Crippen molar-refractivity contribution < 1.29 is 19.4 Å². The lowest BCUT2D eigenvalue weighted by atomic mass is 10.2. The molecule has 0 aliphatic rings. The summed E-state index contributed by atoms with van der Waals surface area (Å²) in [6.45, 7) is 2.77. The van der Waals surface area contributed by atoms with E-state index < -0.39 is 5.97 Å². The van der Waals surface area contributed by atoms with Crippen LogP contribution in [0.5, 0.6) is 11.5 Å². The topological polar surface area (TPSA) is 83.0 Å². The molecule has 2 rings (SSSR count). The fourth-order valence-electron chi connectivity index (χ4n) is 2.07. The van der Waals surface area contributed by atoms with Crippen LogP contribution >= 0.6 is 0 Å². The summed E-state index contributed by atoms with van der Waals surface area (Å²) >= 11 is 0. The minimum absolute atomic E-state index is 0.123. The number of rotatable bonds is 9. The Hall–Kier alpha value is -3.02. The van der Waals surface area contributed by atoms with Gasteiger partial charge in [0, 0.05) is 0 Å². The molecule has 1 N–H and O–H groups in total. The Morgan fingerprint density at radius 3 is 2.60 bits per heavy atom. The summed E-state index contributed by atoms with van der Waals surface area (Å²) < 4.78 is 11.0. The normalized spacial score (nSPS) is 10.6. The maximum atomic E-state index is 10.7. The standard InChI is InChI=1S/C19H22N2O4/c1-3-4-11-25-17-10-5-14(12-18(17)24-2)13-20-21-16-8-6-15(7-9-16)19(22)23/h5-10,12-13,21H,3-4,11H2,1-2H3,(H,22,23)/p-1/b20-13-. The molecule has 0 fully saturated rings. The van der Waals surface area contributed by atoms with Crippen molar-refractivity contribution in [3.05, 3.63) is 53.6 Å². The molecule has 0 unspecified atom stereocenters. The second-order valence-electron chi connectivity index (χ2n) is 5.35. The van der Waals surface area contributed by atoms with E-state index >= 15 is 0 Å². The number of anilines is 1. The maximum absolute atomic E-state index is 10.7. The second kappa shape index (κ2) is 9.32. The highest BCUT2D eigenvalue weighted by molar-refractivity contribution is 5.86. The van der Waals surface area contributed by atoms with Crippen LogP contribution in [0.25, 0.3) is 0 Å². The first-order valence-corrected chi connectivity index (χ1v) is 8.05. The number of nitrogens with zero attached hydrogens (tertiary/aromatic N) is 1. The van der Waals surface area contributed by atoms with Gasteiger partial charge in [0.25, 0.3) is 0 Å². The molecule has 0 radical (unpaired) electrons. The Kier molecular flexibility index (Phi) is 6.83. The summed E-state index contributed by atoms with van der Waals surface area (Å²) in [5.74, 6) is 0.153. The molecule has 0 saturated carbocycles. The van der Waals surface area contributed by atoms with Crippen LogP contribution in [-0.4, -0.2) is 25.9 Å². The highest BCUT2D eigenvalue weighted by atomic mass is 16.5. The zero-order valence-electron chi connectivity index (χ0n) is 14.3. The predicted octanol–water partition coefficient (Wildman–Crippen LogP) is 2.68. The van der Waals surface area contributed by atoms with E-state index in [1.807, 2.05) is 18.2 Å². The molecule has 0 amide bonds. The molecule has 25 heavy (non-hydrogen) atoms. The summed E-state index contributed by atoms with van der Waals surface area (Å²) in [5.41, 5.74) is 4.48. The summed E-state index contributed by atoms with van der Waals surface area (Å²) in [6.07, 6.45) is 3.71. The molecule has 0 bridgehead atoms. The average molecular weight is 341 g/mol. The van der Waals surface area contributed by atoms with Gasteiger partial charge >= 0.3 is 0 Å². The number of hydrogen-bond acceptors (Lipinski definition) is 6. The number of nitrogens with one attached hydrogen (secondary N) is 1. The number of carboxylic acid groups (broad SMARTS) is 1. The van der Waals surface area contributed by atoms with Crippen molar-refractivity contribution in [3.8, 4) is 11.5 Å². The third-order valence-corrected chi connectivity index (χ3v) is 3.47. The lowest BCUT2D eigenvalue weighted by molar-refractivity contribution is -0.255. The van der Waals surface area contributed by atoms with Crippen molar-refractivity contribution in [2.45, 2.75) is 19.8 Å². The van der Waals surface area contributed by atoms with Gasteiger partial charge in [0.15, 0.2) is 11.5 Å². The van der Waals surface area contributed by atoms with E-state index in [9.17, 15) is 9.90 Å². The molecule has 0 heterocycles. The molecule has 132 valence electrons. The van der Waals surface area contributed by atoms with Gasteiger partial charge in [-0.2, -0.15) is 5.10 Å². The van der Waals surface area contributed by atoms with E-state index in [0.29, 0.717) is 23.8 Å². The Bertz CT molecular complexity index is 727. The van der Waals surface area contributed by atoms with Crippen LogP contribution in [0.2, 0.25) is 0 Å². The monoisotopic (exact) mass is 341 g/mol. The van der Waals surface area contributed by atoms with Crippen molar-refractivity contribution in [2.24, 2.45) is 5.10 Å². The van der Waals surface area contributed by atoms with Gasteiger partial charge in [-0.1, -0.05) is 25.5 Å². The number of aromatic carboxylic acids is 1. The third-order valence-electron chi connectivity index (χ3n) is 3.47. The predicted molar refractivity (Wildman–Crippen MR) is 95.4 cm³/mol. The minimum Gasteiger partial charge on any atom is -0.545 e. The summed E-state index contributed by atoms with van der Waals surface area (Å²) in [7, 11) is 1.60. The number of methoxy groups -OCH3 is 1. The van der Waals surface area contributed by atoms with Gasteiger partial charge in [-0.05, 0) is 47.9 Å². The number of unbranched alkanes of at least 4 members (excludes halogenated alkanes) is 1. The zero-order valence-corrected chi connectivity index (χ0v) is 14.3. The van der Waals surface area contributed by atoms with E-state index in [4.69, 9.17) is 9.47 Å². The zero-order chi connectivity index (χ0) is 18.1. The van der Waals surface area contributed by atoms with Crippen LogP contribution < -0.4 is 20.0 Å². The Morgan fingerprint density at radius 2 is 1.96 bits per heavy atom. The first kappa shape index (κ1) is 18.3. The fraction of sp³-hybridized carbons (Fsp3) is 0.263. The maximum Gasteiger partial charge on any atom is 0.161 e. The quantitative estimate of drug-likeness (QED) is 0.431. The number of carbonyl (C=O) groups is 1. The molecular formula is C19H21N2O4-. The first-order chi connectivity index (χ1) is 12.1. The van der Waals surface area contributed by atoms with E-state index in [-0.39, 0.29) is 5.56 Å². The Labute approximate surface area is 147 Å². The van der Waals surface area contributed by atoms with Crippen LogP contribution in [0.3, 0.4) is 0 Å². The van der Waals surface area contributed by atoms with Gasteiger partial charge in [0.2, 0.25) is 0 Å². The van der Waals surface area contributed by atoms with Crippen molar-refractivity contribution in [1.82, 2.24) is 0 Å². The SMILES string of the molecule is CCCCOc1ccc(/C=N\Nc2ccc(C(=O)[O-])cc2)cc1OC. The van der Waals surface area contributed by atoms with Crippen molar-refractivity contribution >= 4 is 17.9 Å². The molecule has 0 aliphatic carbocycles. The third kappa shape index (κ3) is 5.53. The van der Waals surface area contributed by atoms with Gasteiger partial charge in [0.1, 0.15) is 0 Å². The van der Waals surface area contributed by atoms with Crippen LogP contribution in [0.4, 0.5) is 5.69 Å². The van der Waals surface area contributed by atoms with Gasteiger partial charge < -0.3 is 19.4 Å². The second-order valence-corrected chi connectivity index (χ2v) is 5.35. The summed E-state index contributed by atoms with van der Waals surface area (Å²) in [4.78, 5) is 10.7. The number of benzene rings is 2. The van der Waals surface area contributed by atoms with E-state index in [2.05, 4.69) is 17.5 Å². The number of ether oxygens (including phenoxy) is 2. The molecule has 0 atom stereocenters. The molecule has 0 spiro atoms. The summed E-state index contributed by atoms with van der Waals surface area (Å²) in [6, 6.07) is 11.7. The Morgan fingerprint density at radius 1 is 1.20 bits per heavy atom. The van der Waals surface area contributed by atoms with Crippen LogP contribution in [-0.2, 0) is 0 Å². The molecule has 0 aromatic heterocycles. The van der Waals surface area contributed by atoms with Crippen molar-refractivity contribution in [2.75, 3.05) is 19.1 Å². The smallest absolute Gasteiger partial charge is 0.161 e. The number of hydrogen-bond donors (Lipinski definition) is 1. The molecule has 0 aliphatic heterocycles. The number of carboxylic acids is 1. The van der Waals surface area contributed by atoms with Crippen LogP contribution in [0.1, 0.15) is 35.7 Å². The van der Waals surface area contributed by atoms with E-state index in [1.54, 1.807) is 25.5 Å². The fourth-order valence-corrected chi connectivity index (χ4v) is 2.07. The van der Waals surface area contributed by atoms with Gasteiger partial charge in [-0.15, -0.1) is 0 Å². The van der Waals surface area contributed by atoms with Gasteiger partial charge in [-0.3, -0.25) is 5.43 Å². The molecule has 2 aromatic rings. The minimum atomic E-state index is -1.21. The van der Waals surface area contributed by atoms with Crippen LogP contribution in [0, 0.1) is 0 Å². The summed E-state index contributed by atoms with van der Waals surface area (Å²) in [5, 5.41) is 14.8. The van der Waals surface area contributed by atoms with Crippen molar-refractivity contribution in [3.63, 3.8) is 0 Å². The van der Waals surface area contributed by atoms with Crippen molar-refractivity contribution in [1.29, 1.82) is 0 Å². The lowest BCUT2D eigenvalue weighted by Crippen LogP contribution is -2.21. The largest absolute Gasteiger partial charge is 0.545 e. The van der Waals surface area contributed by atoms with Crippen LogP contribution in [0.15, 0.2) is 47.6 Å². The molecule has 6 heteroatoms. The van der Waals surface area contributed by atoms with E-state index in [0.717, 1.165) is 18.4 Å². The first-order valence-electron chi connectivity index (χ1n) is 8.05.